The van der Waals surface area contributed by atoms with Gasteiger partial charge in [0.25, 0.3) is 0 Å². The minimum Gasteiger partial charge on any atom is -0.357 e. The van der Waals surface area contributed by atoms with Gasteiger partial charge in [0.05, 0.1) is 6.54 Å². The van der Waals surface area contributed by atoms with Crippen LogP contribution >= 0.6 is 0 Å². The number of piperazine rings is 1. The molecule has 0 unspecified atom stereocenters. The Morgan fingerprint density at radius 3 is 2.31 bits per heavy atom. The van der Waals surface area contributed by atoms with Crippen LogP contribution < -0.4 is 10.6 Å². The van der Waals surface area contributed by atoms with Crippen LogP contribution in [0.4, 0.5) is 0 Å². The smallest absolute Gasteiger partial charge is 0.219 e. The third-order valence-corrected chi connectivity index (χ3v) is 5.45. The molecule has 0 aromatic carbocycles. The molecule has 7 heteroatoms. The van der Waals surface area contributed by atoms with Crippen molar-refractivity contribution >= 4 is 11.9 Å². The molecule has 2 fully saturated rings. The number of aliphatic imine (C=N–C) groups is 1. The summed E-state index contributed by atoms with van der Waals surface area (Å²) in [7, 11) is 0. The van der Waals surface area contributed by atoms with Crippen molar-refractivity contribution in [1.29, 1.82) is 0 Å². The highest BCUT2D eigenvalue weighted by molar-refractivity contribution is 5.80. The first-order chi connectivity index (χ1) is 12.5. The minimum absolute atomic E-state index is 0.185. The lowest BCUT2D eigenvalue weighted by atomic mass is 10.0. The lowest BCUT2D eigenvalue weighted by molar-refractivity contribution is -0.130. The van der Waals surface area contributed by atoms with Crippen LogP contribution in [-0.2, 0) is 4.79 Å². The van der Waals surface area contributed by atoms with Crippen molar-refractivity contribution in [3.05, 3.63) is 0 Å². The number of hydrogen-bond acceptors (Lipinski definition) is 4. The third-order valence-electron chi connectivity index (χ3n) is 5.45. The zero-order valence-corrected chi connectivity index (χ0v) is 17.1. The molecule has 2 aliphatic rings. The van der Waals surface area contributed by atoms with Gasteiger partial charge in [-0.3, -0.25) is 14.7 Å². The highest BCUT2D eigenvalue weighted by atomic mass is 16.2. The lowest BCUT2D eigenvalue weighted by Gasteiger charge is -2.35. The Labute approximate surface area is 159 Å². The first-order valence-corrected chi connectivity index (χ1v) is 10.3. The summed E-state index contributed by atoms with van der Waals surface area (Å²) >= 11 is 0. The first kappa shape index (κ1) is 21.0. The van der Waals surface area contributed by atoms with Crippen molar-refractivity contribution in [2.75, 3.05) is 58.9 Å². The molecule has 2 rings (SSSR count). The highest BCUT2D eigenvalue weighted by Gasteiger charge is 2.21. The van der Waals surface area contributed by atoms with Crippen LogP contribution in [0.3, 0.4) is 0 Å². The monoisotopic (exact) mass is 366 g/mol. The van der Waals surface area contributed by atoms with E-state index in [4.69, 9.17) is 4.99 Å². The molecule has 7 nitrogen and oxygen atoms in total. The second-order valence-electron chi connectivity index (χ2n) is 7.66. The molecule has 26 heavy (non-hydrogen) atoms. The van der Waals surface area contributed by atoms with Gasteiger partial charge in [0.15, 0.2) is 5.96 Å². The van der Waals surface area contributed by atoms with Gasteiger partial charge in [-0.2, -0.15) is 0 Å². The molecule has 0 aromatic heterocycles. The maximum Gasteiger partial charge on any atom is 0.219 e. The first-order valence-electron chi connectivity index (χ1n) is 10.3. The van der Waals surface area contributed by atoms with Crippen LogP contribution in [0.2, 0.25) is 0 Å². The van der Waals surface area contributed by atoms with Gasteiger partial charge in [-0.1, -0.05) is 0 Å². The zero-order valence-electron chi connectivity index (χ0n) is 17.1. The van der Waals surface area contributed by atoms with Crippen molar-refractivity contribution in [1.82, 2.24) is 25.3 Å². The molecule has 2 N–H and O–H groups in total. The van der Waals surface area contributed by atoms with E-state index in [9.17, 15) is 4.79 Å². The number of guanidine groups is 1. The Hall–Kier alpha value is -1.34. The number of amides is 1. The van der Waals surface area contributed by atoms with E-state index < -0.39 is 0 Å². The van der Waals surface area contributed by atoms with E-state index in [1.807, 2.05) is 4.90 Å². The summed E-state index contributed by atoms with van der Waals surface area (Å²) in [6.07, 6.45) is 2.35. The van der Waals surface area contributed by atoms with Crippen LogP contribution in [0.15, 0.2) is 4.99 Å². The van der Waals surface area contributed by atoms with E-state index in [2.05, 4.69) is 41.2 Å². The fraction of sp³-hybridized carbons (Fsp3) is 0.895. The SMILES string of the molecule is CCNC(=NCCN1CCN(C(C)=O)CC1)NC1CCN(C(C)C)CC1. The van der Waals surface area contributed by atoms with Gasteiger partial charge in [-0.05, 0) is 33.6 Å². The van der Waals surface area contributed by atoms with E-state index >= 15 is 0 Å². The van der Waals surface area contributed by atoms with Crippen molar-refractivity contribution in [3.63, 3.8) is 0 Å². The van der Waals surface area contributed by atoms with E-state index in [-0.39, 0.29) is 5.91 Å². The number of nitrogens with zero attached hydrogens (tertiary/aromatic N) is 4. The molecule has 0 aliphatic carbocycles. The molecule has 2 aliphatic heterocycles. The van der Waals surface area contributed by atoms with E-state index in [0.717, 1.165) is 64.9 Å². The fourth-order valence-corrected chi connectivity index (χ4v) is 3.66. The molecular formula is C19H38N6O. The number of rotatable bonds is 6. The summed E-state index contributed by atoms with van der Waals surface area (Å²) in [5.41, 5.74) is 0. The van der Waals surface area contributed by atoms with Gasteiger partial charge in [-0.25, -0.2) is 0 Å². The molecule has 0 saturated carbocycles. The average molecular weight is 367 g/mol. The van der Waals surface area contributed by atoms with Crippen LogP contribution in [0, 0.1) is 0 Å². The summed E-state index contributed by atoms with van der Waals surface area (Å²) in [6.45, 7) is 16.8. The van der Waals surface area contributed by atoms with E-state index in [1.54, 1.807) is 6.92 Å². The molecule has 1 amide bonds. The lowest BCUT2D eigenvalue weighted by Crippen LogP contribution is -2.50. The van der Waals surface area contributed by atoms with Gasteiger partial charge in [-0.15, -0.1) is 0 Å². The van der Waals surface area contributed by atoms with Crippen molar-refractivity contribution < 1.29 is 4.79 Å². The van der Waals surface area contributed by atoms with Crippen LogP contribution in [0.5, 0.6) is 0 Å². The Balaban J connectivity index is 1.72. The summed E-state index contributed by atoms with van der Waals surface area (Å²) in [4.78, 5) is 23.0. The third kappa shape index (κ3) is 6.76. The second kappa shape index (κ2) is 10.7. The van der Waals surface area contributed by atoms with Gasteiger partial charge in [0.1, 0.15) is 0 Å². The Morgan fingerprint density at radius 2 is 1.77 bits per heavy atom. The molecular weight excluding hydrogens is 328 g/mol. The quantitative estimate of drug-likeness (QED) is 0.532. The van der Waals surface area contributed by atoms with Gasteiger partial charge in [0.2, 0.25) is 5.91 Å². The Morgan fingerprint density at radius 1 is 1.12 bits per heavy atom. The van der Waals surface area contributed by atoms with Gasteiger partial charge < -0.3 is 20.4 Å². The number of carbonyl (C=O) groups is 1. The van der Waals surface area contributed by atoms with Crippen molar-refractivity contribution in [2.45, 2.75) is 52.6 Å². The predicted octanol–water partition coefficient (Wildman–Crippen LogP) is 0.578. The predicted molar refractivity (Wildman–Crippen MR) is 108 cm³/mol. The van der Waals surface area contributed by atoms with E-state index in [1.165, 1.54) is 12.8 Å². The van der Waals surface area contributed by atoms with Crippen LogP contribution in [0.25, 0.3) is 0 Å². The summed E-state index contributed by atoms with van der Waals surface area (Å²) in [6, 6.07) is 1.16. The summed E-state index contributed by atoms with van der Waals surface area (Å²) in [5, 5.41) is 6.99. The average Bonchev–Trinajstić information content (AvgIpc) is 2.62. The number of hydrogen-bond donors (Lipinski definition) is 2. The molecule has 0 bridgehead atoms. The molecule has 2 saturated heterocycles. The van der Waals surface area contributed by atoms with Crippen LogP contribution in [0.1, 0.15) is 40.5 Å². The largest absolute Gasteiger partial charge is 0.357 e. The second-order valence-corrected chi connectivity index (χ2v) is 7.66. The topological polar surface area (TPSA) is 63.2 Å². The fourth-order valence-electron chi connectivity index (χ4n) is 3.66. The Bertz CT molecular complexity index is 451. The normalized spacial score (nSPS) is 21.3. The maximum atomic E-state index is 11.4. The van der Waals surface area contributed by atoms with Crippen LogP contribution in [-0.4, -0.2) is 97.6 Å². The number of nitrogens with one attached hydrogen (secondary N) is 2. The van der Waals surface area contributed by atoms with Crippen molar-refractivity contribution in [3.8, 4) is 0 Å². The molecule has 0 aromatic rings. The Kier molecular flexibility index (Phi) is 8.65. The van der Waals surface area contributed by atoms with E-state index in [0.29, 0.717) is 12.1 Å². The van der Waals surface area contributed by atoms with Gasteiger partial charge >= 0.3 is 0 Å². The molecule has 150 valence electrons. The zero-order chi connectivity index (χ0) is 18.9. The number of piperidine rings is 1. The molecule has 0 spiro atoms. The summed E-state index contributed by atoms with van der Waals surface area (Å²) in [5.74, 6) is 1.13. The van der Waals surface area contributed by atoms with Crippen molar-refractivity contribution in [2.24, 2.45) is 4.99 Å². The molecule has 0 atom stereocenters. The summed E-state index contributed by atoms with van der Waals surface area (Å²) < 4.78 is 0. The maximum absolute atomic E-state index is 11.4. The molecule has 0 radical (unpaired) electrons. The van der Waals surface area contributed by atoms with Gasteiger partial charge in [0, 0.05) is 71.4 Å². The highest BCUT2D eigenvalue weighted by Crippen LogP contribution is 2.12. The molecule has 2 heterocycles. The minimum atomic E-state index is 0.185. The number of carbonyl (C=O) groups excluding carboxylic acids is 1. The number of likely N-dealkylation sites (tertiary alicyclic amines) is 1. The standard InChI is InChI=1S/C19H38N6O/c1-5-20-19(22-18-6-9-24(10-7-18)16(2)3)21-8-11-23-12-14-25(15-13-23)17(4)26/h16,18H,5-15H2,1-4H3,(H2,20,21,22).